The van der Waals surface area contributed by atoms with Gasteiger partial charge in [0, 0.05) is 12.6 Å². The number of carbonyl (C=O) groups excluding carboxylic acids is 2. The molecule has 0 aliphatic rings. The van der Waals surface area contributed by atoms with Crippen LogP contribution in [0.2, 0.25) is 0 Å². The summed E-state index contributed by atoms with van der Waals surface area (Å²) < 4.78 is 0. The van der Waals surface area contributed by atoms with E-state index in [1.807, 2.05) is 58.9 Å². The molecule has 0 aliphatic carbocycles. The van der Waals surface area contributed by atoms with Crippen molar-refractivity contribution in [1.82, 2.24) is 0 Å². The number of nitrogens with zero attached hydrogens (tertiary/aromatic N) is 1. The van der Waals surface area contributed by atoms with Crippen LogP contribution in [-0.4, -0.2) is 18.4 Å². The molecule has 4 heteroatoms. The Balaban J connectivity index is 2.25. The molecule has 0 saturated heterocycles. The van der Waals surface area contributed by atoms with Crippen molar-refractivity contribution in [2.24, 2.45) is 0 Å². The van der Waals surface area contributed by atoms with Gasteiger partial charge in [-0.15, -0.1) is 0 Å². The first kappa shape index (κ1) is 18.7. The van der Waals surface area contributed by atoms with Gasteiger partial charge in [0.1, 0.15) is 6.54 Å². The first-order valence-corrected chi connectivity index (χ1v) is 8.41. The lowest BCUT2D eigenvalue weighted by Crippen LogP contribution is -2.37. The van der Waals surface area contributed by atoms with E-state index in [1.165, 1.54) is 6.92 Å². The summed E-state index contributed by atoms with van der Waals surface area (Å²) in [5, 5.41) is 2.90. The topological polar surface area (TPSA) is 49.4 Å². The summed E-state index contributed by atoms with van der Waals surface area (Å²) in [5.74, 6) is -0.356. The molecule has 2 aromatic rings. The molecule has 0 saturated carbocycles. The number of benzene rings is 2. The van der Waals surface area contributed by atoms with E-state index in [1.54, 1.807) is 4.90 Å². The number of nitrogens with one attached hydrogen (secondary N) is 1. The number of amides is 2. The molecule has 0 bridgehead atoms. The van der Waals surface area contributed by atoms with E-state index < -0.39 is 0 Å². The number of hydrogen-bond donors (Lipinski definition) is 1. The maximum atomic E-state index is 12.5. The fourth-order valence-electron chi connectivity index (χ4n) is 3.34. The maximum absolute atomic E-state index is 12.5. The van der Waals surface area contributed by atoms with Crippen molar-refractivity contribution in [3.05, 3.63) is 58.1 Å². The van der Waals surface area contributed by atoms with Crippen LogP contribution in [0.5, 0.6) is 0 Å². The summed E-state index contributed by atoms with van der Waals surface area (Å²) in [6.07, 6.45) is 0. The average Bonchev–Trinajstić information content (AvgIpc) is 2.43. The molecule has 0 unspecified atom stereocenters. The molecule has 0 heterocycles. The summed E-state index contributed by atoms with van der Waals surface area (Å²) in [6, 6.07) is 9.95. The monoisotopic (exact) mass is 338 g/mol. The van der Waals surface area contributed by atoms with Crippen LogP contribution in [-0.2, 0) is 9.59 Å². The van der Waals surface area contributed by atoms with Crippen LogP contribution in [0.1, 0.15) is 34.7 Å². The molecule has 2 rings (SSSR count). The van der Waals surface area contributed by atoms with Gasteiger partial charge in [-0.3, -0.25) is 9.59 Å². The van der Waals surface area contributed by atoms with Crippen LogP contribution in [0.25, 0.3) is 0 Å². The molecule has 0 aliphatic heterocycles. The fraction of sp³-hybridized carbons (Fsp3) is 0.333. The van der Waals surface area contributed by atoms with Crippen molar-refractivity contribution in [3.8, 4) is 0 Å². The third-order valence-corrected chi connectivity index (χ3v) is 4.09. The molecule has 2 aromatic carbocycles. The zero-order valence-electron chi connectivity index (χ0n) is 15.9. The summed E-state index contributed by atoms with van der Waals surface area (Å²) in [6.45, 7) is 11.4. The van der Waals surface area contributed by atoms with Gasteiger partial charge in [-0.2, -0.15) is 0 Å². The molecule has 25 heavy (non-hydrogen) atoms. The molecular weight excluding hydrogens is 312 g/mol. The van der Waals surface area contributed by atoms with E-state index in [0.717, 1.165) is 39.2 Å². The molecule has 0 spiro atoms. The first-order chi connectivity index (χ1) is 11.7. The zero-order chi connectivity index (χ0) is 18.7. The highest BCUT2D eigenvalue weighted by Crippen LogP contribution is 2.26. The normalized spacial score (nSPS) is 10.5. The van der Waals surface area contributed by atoms with E-state index in [2.05, 4.69) is 11.4 Å². The summed E-state index contributed by atoms with van der Waals surface area (Å²) in [5.41, 5.74) is 6.87. The molecular formula is C21H26N2O2. The fourth-order valence-corrected chi connectivity index (χ4v) is 3.34. The second-order valence-electron chi connectivity index (χ2n) is 6.78. The minimum atomic E-state index is -0.209. The summed E-state index contributed by atoms with van der Waals surface area (Å²) >= 11 is 0. The Morgan fingerprint density at radius 3 is 1.80 bits per heavy atom. The van der Waals surface area contributed by atoms with Crippen molar-refractivity contribution >= 4 is 23.2 Å². The van der Waals surface area contributed by atoms with Gasteiger partial charge in [0.25, 0.3) is 0 Å². The number of aryl methyl sites for hydroxylation is 5. The van der Waals surface area contributed by atoms with E-state index in [4.69, 9.17) is 0 Å². The van der Waals surface area contributed by atoms with Crippen LogP contribution in [0.15, 0.2) is 30.3 Å². The highest BCUT2D eigenvalue weighted by molar-refractivity contribution is 6.02. The third-order valence-electron chi connectivity index (χ3n) is 4.09. The standard InChI is InChI=1S/C21H26N2O2/c1-13-7-14(2)11-19(10-13)22-20(25)12-23(18(6)24)21-16(4)8-15(3)9-17(21)5/h7-11H,12H2,1-6H3,(H,22,25). The average molecular weight is 338 g/mol. The smallest absolute Gasteiger partial charge is 0.244 e. The minimum Gasteiger partial charge on any atom is -0.325 e. The Labute approximate surface area is 149 Å². The van der Waals surface area contributed by atoms with Gasteiger partial charge in [0.15, 0.2) is 0 Å². The third kappa shape index (κ3) is 4.69. The molecule has 0 aromatic heterocycles. The molecule has 0 radical (unpaired) electrons. The zero-order valence-corrected chi connectivity index (χ0v) is 15.9. The van der Waals surface area contributed by atoms with Gasteiger partial charge in [0.05, 0.1) is 5.69 Å². The highest BCUT2D eigenvalue weighted by atomic mass is 16.2. The predicted molar refractivity (Wildman–Crippen MR) is 103 cm³/mol. The second-order valence-corrected chi connectivity index (χ2v) is 6.78. The van der Waals surface area contributed by atoms with Gasteiger partial charge in [-0.25, -0.2) is 0 Å². The van der Waals surface area contributed by atoms with Gasteiger partial charge in [-0.05, 0) is 69.0 Å². The Morgan fingerprint density at radius 1 is 0.840 bits per heavy atom. The Hall–Kier alpha value is -2.62. The SMILES string of the molecule is CC(=O)N(CC(=O)Nc1cc(C)cc(C)c1)c1c(C)cc(C)cc1C. The van der Waals surface area contributed by atoms with Crippen LogP contribution < -0.4 is 10.2 Å². The lowest BCUT2D eigenvalue weighted by molar-refractivity contribution is -0.120. The Bertz CT molecular complexity index is 781. The summed E-state index contributed by atoms with van der Waals surface area (Å²) in [7, 11) is 0. The number of carbonyl (C=O) groups is 2. The largest absolute Gasteiger partial charge is 0.325 e. The first-order valence-electron chi connectivity index (χ1n) is 8.41. The van der Waals surface area contributed by atoms with Crippen LogP contribution in [0, 0.1) is 34.6 Å². The molecule has 4 nitrogen and oxygen atoms in total. The predicted octanol–water partition coefficient (Wildman–Crippen LogP) is 4.22. The Kier molecular flexibility index (Phi) is 5.62. The molecule has 132 valence electrons. The minimum absolute atomic E-state index is 0.00688. The van der Waals surface area contributed by atoms with Crippen molar-refractivity contribution in [2.75, 3.05) is 16.8 Å². The maximum Gasteiger partial charge on any atom is 0.244 e. The van der Waals surface area contributed by atoms with Crippen molar-refractivity contribution in [1.29, 1.82) is 0 Å². The number of hydrogen-bond acceptors (Lipinski definition) is 2. The van der Waals surface area contributed by atoms with Crippen molar-refractivity contribution in [3.63, 3.8) is 0 Å². The van der Waals surface area contributed by atoms with Crippen LogP contribution in [0.4, 0.5) is 11.4 Å². The van der Waals surface area contributed by atoms with Gasteiger partial charge >= 0.3 is 0 Å². The van der Waals surface area contributed by atoms with E-state index >= 15 is 0 Å². The molecule has 0 atom stereocenters. The van der Waals surface area contributed by atoms with E-state index in [-0.39, 0.29) is 18.4 Å². The molecule has 1 N–H and O–H groups in total. The molecule has 2 amide bonds. The van der Waals surface area contributed by atoms with Crippen LogP contribution >= 0.6 is 0 Å². The lowest BCUT2D eigenvalue weighted by atomic mass is 10.0. The second kappa shape index (κ2) is 7.51. The number of rotatable bonds is 4. The van der Waals surface area contributed by atoms with Gasteiger partial charge < -0.3 is 10.2 Å². The van der Waals surface area contributed by atoms with Crippen molar-refractivity contribution < 1.29 is 9.59 Å². The molecule has 0 fully saturated rings. The van der Waals surface area contributed by atoms with E-state index in [9.17, 15) is 9.59 Å². The van der Waals surface area contributed by atoms with Crippen LogP contribution in [0.3, 0.4) is 0 Å². The van der Waals surface area contributed by atoms with E-state index in [0.29, 0.717) is 0 Å². The van der Waals surface area contributed by atoms with Gasteiger partial charge in [-0.1, -0.05) is 23.8 Å². The quantitative estimate of drug-likeness (QED) is 0.907. The van der Waals surface area contributed by atoms with Gasteiger partial charge in [0.2, 0.25) is 11.8 Å². The van der Waals surface area contributed by atoms with Crippen molar-refractivity contribution in [2.45, 2.75) is 41.5 Å². The highest BCUT2D eigenvalue weighted by Gasteiger charge is 2.20. The summed E-state index contributed by atoms with van der Waals surface area (Å²) in [4.78, 5) is 26.2. The lowest BCUT2D eigenvalue weighted by Gasteiger charge is -2.25. The Morgan fingerprint density at radius 2 is 1.32 bits per heavy atom. The number of anilines is 2.